The normalized spacial score (nSPS) is 16.1. The minimum absolute atomic E-state index is 0.454. The van der Waals surface area contributed by atoms with Crippen molar-refractivity contribution in [3.8, 4) is 11.5 Å². The van der Waals surface area contributed by atoms with Crippen LogP contribution in [-0.2, 0) is 0 Å². The molecular formula is C11H13N5. The van der Waals surface area contributed by atoms with Gasteiger partial charge in [-0.05, 0) is 19.1 Å². The molecule has 1 saturated heterocycles. The van der Waals surface area contributed by atoms with Crippen molar-refractivity contribution in [3.63, 3.8) is 0 Å². The molecule has 0 atom stereocenters. The number of hydrogen-bond donors (Lipinski definition) is 2. The molecule has 0 spiro atoms. The molecule has 0 amide bonds. The van der Waals surface area contributed by atoms with E-state index in [4.69, 9.17) is 0 Å². The standard InChI is InChI=1S/C11H13N5/c1-7-3-2-4-9(13-7)11-14-10(15-16-11)8-5-12-6-8/h2-4,8,12H,5-6H2,1H3,(H,14,15,16). The Morgan fingerprint density at radius 3 is 2.81 bits per heavy atom. The van der Waals surface area contributed by atoms with E-state index in [0.717, 1.165) is 36.1 Å². The Morgan fingerprint density at radius 1 is 1.25 bits per heavy atom. The molecule has 5 nitrogen and oxygen atoms in total. The molecule has 0 bridgehead atoms. The van der Waals surface area contributed by atoms with Crippen LogP contribution in [0, 0.1) is 6.92 Å². The predicted molar refractivity (Wildman–Crippen MR) is 60.0 cm³/mol. The Labute approximate surface area is 93.3 Å². The van der Waals surface area contributed by atoms with Crippen molar-refractivity contribution in [2.24, 2.45) is 0 Å². The average Bonchev–Trinajstić information content (AvgIpc) is 2.64. The zero-order chi connectivity index (χ0) is 11.0. The summed E-state index contributed by atoms with van der Waals surface area (Å²) in [5.41, 5.74) is 1.84. The van der Waals surface area contributed by atoms with E-state index < -0.39 is 0 Å². The van der Waals surface area contributed by atoms with Crippen molar-refractivity contribution in [1.82, 2.24) is 25.5 Å². The van der Waals surface area contributed by atoms with Gasteiger partial charge in [0.25, 0.3) is 0 Å². The van der Waals surface area contributed by atoms with Crippen LogP contribution in [0.4, 0.5) is 0 Å². The molecule has 3 rings (SSSR count). The second kappa shape index (κ2) is 3.68. The molecule has 0 aromatic carbocycles. The van der Waals surface area contributed by atoms with Crippen LogP contribution in [0.25, 0.3) is 11.5 Å². The van der Waals surface area contributed by atoms with Crippen molar-refractivity contribution in [2.75, 3.05) is 13.1 Å². The molecule has 0 unspecified atom stereocenters. The second-order valence-corrected chi connectivity index (χ2v) is 4.06. The molecule has 2 aromatic rings. The monoisotopic (exact) mass is 215 g/mol. The van der Waals surface area contributed by atoms with Crippen LogP contribution in [0.1, 0.15) is 17.4 Å². The van der Waals surface area contributed by atoms with Crippen molar-refractivity contribution in [3.05, 3.63) is 29.7 Å². The first-order valence-electron chi connectivity index (χ1n) is 5.40. The van der Waals surface area contributed by atoms with E-state index in [1.165, 1.54) is 0 Å². The zero-order valence-corrected chi connectivity index (χ0v) is 9.07. The van der Waals surface area contributed by atoms with E-state index in [0.29, 0.717) is 5.92 Å². The Hall–Kier alpha value is -1.75. The lowest BCUT2D eigenvalue weighted by atomic mass is 10.0. The van der Waals surface area contributed by atoms with Crippen molar-refractivity contribution >= 4 is 0 Å². The number of aromatic nitrogens is 4. The molecule has 2 aromatic heterocycles. The van der Waals surface area contributed by atoms with Gasteiger partial charge in [-0.15, -0.1) is 0 Å². The summed E-state index contributed by atoms with van der Waals surface area (Å²) in [5, 5.41) is 10.4. The molecule has 1 aliphatic rings. The highest BCUT2D eigenvalue weighted by Gasteiger charge is 2.23. The van der Waals surface area contributed by atoms with Gasteiger partial charge in [0.15, 0.2) is 11.6 Å². The Balaban J connectivity index is 1.91. The Kier molecular flexibility index (Phi) is 2.18. The molecular weight excluding hydrogens is 202 g/mol. The van der Waals surface area contributed by atoms with Gasteiger partial charge in [0.1, 0.15) is 5.69 Å². The molecule has 1 aliphatic heterocycles. The summed E-state index contributed by atoms with van der Waals surface area (Å²) >= 11 is 0. The highest BCUT2D eigenvalue weighted by molar-refractivity contribution is 5.48. The molecule has 5 heteroatoms. The van der Waals surface area contributed by atoms with Crippen molar-refractivity contribution < 1.29 is 0 Å². The van der Waals surface area contributed by atoms with Gasteiger partial charge in [-0.25, -0.2) is 9.97 Å². The predicted octanol–water partition coefficient (Wildman–Crippen LogP) is 0.862. The third kappa shape index (κ3) is 1.59. The molecule has 0 saturated carbocycles. The Morgan fingerprint density at radius 2 is 2.12 bits per heavy atom. The van der Waals surface area contributed by atoms with Gasteiger partial charge in [0.2, 0.25) is 0 Å². The van der Waals surface area contributed by atoms with Crippen LogP contribution in [0.2, 0.25) is 0 Å². The minimum Gasteiger partial charge on any atom is -0.315 e. The average molecular weight is 215 g/mol. The number of aryl methyl sites for hydroxylation is 1. The maximum absolute atomic E-state index is 4.47. The van der Waals surface area contributed by atoms with Crippen molar-refractivity contribution in [1.29, 1.82) is 0 Å². The van der Waals surface area contributed by atoms with Gasteiger partial charge >= 0.3 is 0 Å². The summed E-state index contributed by atoms with van der Waals surface area (Å²) in [6.07, 6.45) is 0. The van der Waals surface area contributed by atoms with Gasteiger partial charge in [-0.3, -0.25) is 5.10 Å². The molecule has 0 radical (unpaired) electrons. The first-order chi connectivity index (χ1) is 7.83. The van der Waals surface area contributed by atoms with Crippen LogP contribution in [0.15, 0.2) is 18.2 Å². The van der Waals surface area contributed by atoms with Crippen LogP contribution < -0.4 is 5.32 Å². The lowest BCUT2D eigenvalue weighted by Gasteiger charge is -2.23. The summed E-state index contributed by atoms with van der Waals surface area (Å²) in [5.74, 6) is 2.09. The number of H-pyrrole nitrogens is 1. The number of pyridine rings is 1. The second-order valence-electron chi connectivity index (χ2n) is 4.06. The summed E-state index contributed by atoms with van der Waals surface area (Å²) in [6, 6.07) is 5.89. The Bertz CT molecular complexity index is 501. The highest BCUT2D eigenvalue weighted by Crippen LogP contribution is 2.18. The van der Waals surface area contributed by atoms with Gasteiger partial charge in [0.05, 0.1) is 0 Å². The molecule has 82 valence electrons. The minimum atomic E-state index is 0.454. The van der Waals surface area contributed by atoms with Crippen LogP contribution in [0.5, 0.6) is 0 Å². The largest absolute Gasteiger partial charge is 0.315 e. The lowest BCUT2D eigenvalue weighted by Crippen LogP contribution is -2.40. The van der Waals surface area contributed by atoms with Gasteiger partial charge < -0.3 is 5.32 Å². The summed E-state index contributed by atoms with van der Waals surface area (Å²) in [4.78, 5) is 8.89. The summed E-state index contributed by atoms with van der Waals surface area (Å²) < 4.78 is 0. The first-order valence-corrected chi connectivity index (χ1v) is 5.40. The first kappa shape index (κ1) is 9.47. The van der Waals surface area contributed by atoms with Crippen molar-refractivity contribution in [2.45, 2.75) is 12.8 Å². The van der Waals surface area contributed by atoms with Gasteiger partial charge in [0, 0.05) is 24.7 Å². The number of nitrogens with one attached hydrogen (secondary N) is 2. The van der Waals surface area contributed by atoms with E-state index in [-0.39, 0.29) is 0 Å². The topological polar surface area (TPSA) is 66.5 Å². The van der Waals surface area contributed by atoms with E-state index in [2.05, 4.69) is 25.5 Å². The number of nitrogens with zero attached hydrogens (tertiary/aromatic N) is 3. The van der Waals surface area contributed by atoms with E-state index in [1.54, 1.807) is 0 Å². The number of rotatable bonds is 2. The fourth-order valence-corrected chi connectivity index (χ4v) is 1.72. The maximum atomic E-state index is 4.47. The molecule has 3 heterocycles. The zero-order valence-electron chi connectivity index (χ0n) is 9.07. The van der Waals surface area contributed by atoms with Gasteiger partial charge in [-0.1, -0.05) is 6.07 Å². The third-order valence-corrected chi connectivity index (χ3v) is 2.78. The number of aromatic amines is 1. The highest BCUT2D eigenvalue weighted by atomic mass is 15.2. The van der Waals surface area contributed by atoms with E-state index >= 15 is 0 Å². The van der Waals surface area contributed by atoms with E-state index in [9.17, 15) is 0 Å². The smallest absolute Gasteiger partial charge is 0.174 e. The fraction of sp³-hybridized carbons (Fsp3) is 0.364. The fourth-order valence-electron chi connectivity index (χ4n) is 1.72. The van der Waals surface area contributed by atoms with Crippen LogP contribution in [0.3, 0.4) is 0 Å². The van der Waals surface area contributed by atoms with Crippen LogP contribution >= 0.6 is 0 Å². The molecule has 16 heavy (non-hydrogen) atoms. The third-order valence-electron chi connectivity index (χ3n) is 2.78. The lowest BCUT2D eigenvalue weighted by molar-refractivity contribution is 0.431. The quantitative estimate of drug-likeness (QED) is 0.779. The maximum Gasteiger partial charge on any atom is 0.174 e. The summed E-state index contributed by atoms with van der Waals surface area (Å²) in [6.45, 7) is 3.91. The molecule has 1 fully saturated rings. The molecule has 2 N–H and O–H groups in total. The number of hydrogen-bond acceptors (Lipinski definition) is 4. The summed E-state index contributed by atoms with van der Waals surface area (Å²) in [7, 11) is 0. The van der Waals surface area contributed by atoms with Gasteiger partial charge in [-0.2, -0.15) is 5.10 Å². The SMILES string of the molecule is Cc1cccc(-c2nc(C3CNC3)n[nH]2)n1. The van der Waals surface area contributed by atoms with Crippen LogP contribution in [-0.4, -0.2) is 33.3 Å². The molecule has 0 aliphatic carbocycles. The van der Waals surface area contributed by atoms with E-state index in [1.807, 2.05) is 25.1 Å².